The highest BCUT2D eigenvalue weighted by Gasteiger charge is 2.62. The zero-order valence-electron chi connectivity index (χ0n) is 7.27. The van der Waals surface area contributed by atoms with E-state index in [9.17, 15) is 13.2 Å². The molecular weight excluding hydrogens is 183 g/mol. The van der Waals surface area contributed by atoms with E-state index in [0.717, 1.165) is 0 Å². The van der Waals surface area contributed by atoms with Crippen LogP contribution in [0, 0.1) is 5.41 Å². The molecular formula is C8H14F3NO. The molecule has 0 saturated heterocycles. The standard InChI is InChI=1S/C8H14F3NO/c9-8(10,11)7(2-3-7)5-6(12)1-4-13/h6,13H,1-5,12H2/t6-/m0/s1. The quantitative estimate of drug-likeness (QED) is 0.716. The van der Waals surface area contributed by atoms with Crippen LogP contribution in [0.3, 0.4) is 0 Å². The van der Waals surface area contributed by atoms with Crippen LogP contribution >= 0.6 is 0 Å². The van der Waals surface area contributed by atoms with Crippen LogP contribution in [0.5, 0.6) is 0 Å². The molecule has 1 saturated carbocycles. The van der Waals surface area contributed by atoms with Crippen LogP contribution in [0.1, 0.15) is 25.7 Å². The molecule has 0 heterocycles. The normalized spacial score (nSPS) is 22.8. The lowest BCUT2D eigenvalue weighted by molar-refractivity contribution is -0.190. The Bertz CT molecular complexity index is 177. The van der Waals surface area contributed by atoms with Crippen LogP contribution in [-0.2, 0) is 0 Å². The number of hydrogen-bond donors (Lipinski definition) is 2. The minimum absolute atomic E-state index is 0.0446. The summed E-state index contributed by atoms with van der Waals surface area (Å²) in [4.78, 5) is 0. The summed E-state index contributed by atoms with van der Waals surface area (Å²) in [5.74, 6) is 0. The number of nitrogens with two attached hydrogens (primary N) is 1. The average Bonchev–Trinajstić information content (AvgIpc) is 2.67. The lowest BCUT2D eigenvalue weighted by atomic mass is 9.95. The maximum absolute atomic E-state index is 12.4. The fraction of sp³-hybridized carbons (Fsp3) is 1.00. The Morgan fingerprint density at radius 1 is 1.38 bits per heavy atom. The van der Waals surface area contributed by atoms with E-state index in [0.29, 0.717) is 0 Å². The third-order valence-electron chi connectivity index (χ3n) is 2.61. The summed E-state index contributed by atoms with van der Waals surface area (Å²) in [6.07, 6.45) is -3.54. The summed E-state index contributed by atoms with van der Waals surface area (Å²) < 4.78 is 37.1. The Labute approximate surface area is 74.9 Å². The molecule has 1 aliphatic carbocycles. The fourth-order valence-corrected chi connectivity index (χ4v) is 1.52. The molecule has 1 rings (SSSR count). The molecule has 3 N–H and O–H groups in total. The summed E-state index contributed by atoms with van der Waals surface area (Å²) >= 11 is 0. The van der Waals surface area contributed by atoms with Crippen molar-refractivity contribution in [3.63, 3.8) is 0 Å². The maximum Gasteiger partial charge on any atom is 0.394 e. The SMILES string of the molecule is N[C@@H](CCO)CC1(C(F)(F)F)CC1. The van der Waals surface area contributed by atoms with E-state index in [1.54, 1.807) is 0 Å². The number of halogens is 3. The zero-order valence-corrected chi connectivity index (χ0v) is 7.27. The molecule has 0 amide bonds. The lowest BCUT2D eigenvalue weighted by Gasteiger charge is -2.22. The van der Waals surface area contributed by atoms with Gasteiger partial charge in [-0.3, -0.25) is 0 Å². The van der Waals surface area contributed by atoms with Crippen LogP contribution in [0.2, 0.25) is 0 Å². The van der Waals surface area contributed by atoms with Crippen molar-refractivity contribution in [2.45, 2.75) is 37.9 Å². The van der Waals surface area contributed by atoms with Crippen LogP contribution in [0.15, 0.2) is 0 Å². The van der Waals surface area contributed by atoms with E-state index in [2.05, 4.69) is 0 Å². The monoisotopic (exact) mass is 197 g/mol. The van der Waals surface area contributed by atoms with Crippen molar-refractivity contribution in [3.05, 3.63) is 0 Å². The Morgan fingerprint density at radius 3 is 2.23 bits per heavy atom. The molecule has 0 aromatic rings. The molecule has 5 heteroatoms. The van der Waals surface area contributed by atoms with Crippen LogP contribution in [0.4, 0.5) is 13.2 Å². The van der Waals surface area contributed by atoms with Crippen molar-refractivity contribution in [2.24, 2.45) is 11.1 Å². The van der Waals surface area contributed by atoms with Gasteiger partial charge >= 0.3 is 6.18 Å². The van der Waals surface area contributed by atoms with E-state index >= 15 is 0 Å². The Hall–Kier alpha value is -0.290. The predicted molar refractivity (Wildman–Crippen MR) is 42.0 cm³/mol. The summed E-state index contributed by atoms with van der Waals surface area (Å²) in [6, 6.07) is -0.533. The molecule has 0 spiro atoms. The Kier molecular flexibility index (Phi) is 2.87. The minimum atomic E-state index is -4.12. The van der Waals surface area contributed by atoms with Gasteiger partial charge < -0.3 is 10.8 Å². The van der Waals surface area contributed by atoms with Gasteiger partial charge in [0.2, 0.25) is 0 Å². The molecule has 2 nitrogen and oxygen atoms in total. The predicted octanol–water partition coefficient (Wildman–Crippen LogP) is 1.43. The van der Waals surface area contributed by atoms with Crippen LogP contribution in [-0.4, -0.2) is 23.9 Å². The molecule has 0 aromatic heterocycles. The lowest BCUT2D eigenvalue weighted by Crippen LogP contribution is -2.33. The number of hydrogen-bond acceptors (Lipinski definition) is 2. The van der Waals surface area contributed by atoms with E-state index in [-0.39, 0.29) is 32.3 Å². The Balaban J connectivity index is 2.44. The second-order valence-electron chi connectivity index (χ2n) is 3.75. The van der Waals surface area contributed by atoms with Gasteiger partial charge in [-0.1, -0.05) is 0 Å². The molecule has 1 aliphatic rings. The van der Waals surface area contributed by atoms with Gasteiger partial charge in [-0.15, -0.1) is 0 Å². The Morgan fingerprint density at radius 2 is 1.92 bits per heavy atom. The van der Waals surface area contributed by atoms with Crippen LogP contribution < -0.4 is 5.73 Å². The van der Waals surface area contributed by atoms with Crippen molar-refractivity contribution in [1.82, 2.24) is 0 Å². The van der Waals surface area contributed by atoms with E-state index in [1.165, 1.54) is 0 Å². The highest BCUT2D eigenvalue weighted by atomic mass is 19.4. The van der Waals surface area contributed by atoms with E-state index in [1.807, 2.05) is 0 Å². The molecule has 78 valence electrons. The van der Waals surface area contributed by atoms with E-state index in [4.69, 9.17) is 10.8 Å². The van der Waals surface area contributed by atoms with Gasteiger partial charge in [-0.05, 0) is 25.7 Å². The molecule has 0 radical (unpaired) electrons. The fourth-order valence-electron chi connectivity index (χ4n) is 1.52. The number of aliphatic hydroxyl groups is 1. The van der Waals surface area contributed by atoms with Gasteiger partial charge in [0.25, 0.3) is 0 Å². The number of alkyl halides is 3. The summed E-state index contributed by atoms with van der Waals surface area (Å²) in [6.45, 7) is -0.144. The van der Waals surface area contributed by atoms with Gasteiger partial charge in [0.15, 0.2) is 0 Å². The first-order chi connectivity index (χ1) is 5.91. The summed E-state index contributed by atoms with van der Waals surface area (Å²) in [5.41, 5.74) is 3.92. The van der Waals surface area contributed by atoms with Gasteiger partial charge in [-0.25, -0.2) is 0 Å². The maximum atomic E-state index is 12.4. The van der Waals surface area contributed by atoms with Gasteiger partial charge in [0, 0.05) is 12.6 Å². The van der Waals surface area contributed by atoms with Crippen LogP contribution in [0.25, 0.3) is 0 Å². The summed E-state index contributed by atoms with van der Waals surface area (Å²) in [7, 11) is 0. The zero-order chi connectivity index (χ0) is 10.1. The second kappa shape index (κ2) is 3.46. The van der Waals surface area contributed by atoms with E-state index < -0.39 is 17.6 Å². The molecule has 1 fully saturated rings. The first kappa shape index (κ1) is 10.8. The minimum Gasteiger partial charge on any atom is -0.396 e. The molecule has 0 aliphatic heterocycles. The van der Waals surface area contributed by atoms with Crippen molar-refractivity contribution in [1.29, 1.82) is 0 Å². The van der Waals surface area contributed by atoms with Gasteiger partial charge in [-0.2, -0.15) is 13.2 Å². The largest absolute Gasteiger partial charge is 0.396 e. The van der Waals surface area contributed by atoms with Gasteiger partial charge in [0.1, 0.15) is 0 Å². The number of aliphatic hydroxyl groups excluding tert-OH is 1. The van der Waals surface area contributed by atoms with Crippen molar-refractivity contribution < 1.29 is 18.3 Å². The first-order valence-corrected chi connectivity index (χ1v) is 4.34. The average molecular weight is 197 g/mol. The van der Waals surface area contributed by atoms with Crippen molar-refractivity contribution in [2.75, 3.05) is 6.61 Å². The topological polar surface area (TPSA) is 46.2 Å². The van der Waals surface area contributed by atoms with Gasteiger partial charge in [0.05, 0.1) is 5.41 Å². The molecule has 13 heavy (non-hydrogen) atoms. The highest BCUT2D eigenvalue weighted by molar-refractivity contribution is 5.00. The summed E-state index contributed by atoms with van der Waals surface area (Å²) in [5, 5.41) is 8.50. The number of rotatable bonds is 4. The molecule has 0 aromatic carbocycles. The third-order valence-corrected chi connectivity index (χ3v) is 2.61. The van der Waals surface area contributed by atoms with Crippen molar-refractivity contribution in [3.8, 4) is 0 Å². The highest BCUT2D eigenvalue weighted by Crippen LogP contribution is 2.60. The first-order valence-electron chi connectivity index (χ1n) is 4.34. The van der Waals surface area contributed by atoms with Crippen molar-refractivity contribution >= 4 is 0 Å². The smallest absolute Gasteiger partial charge is 0.394 e. The molecule has 1 atom stereocenters. The molecule has 0 bridgehead atoms. The third kappa shape index (κ3) is 2.34. The molecule has 0 unspecified atom stereocenters. The second-order valence-corrected chi connectivity index (χ2v) is 3.75.